The largest absolute Gasteiger partial charge is 0.493 e. The van der Waals surface area contributed by atoms with Crippen LogP contribution in [0, 0.1) is 0 Å². The van der Waals surface area contributed by atoms with Crippen molar-refractivity contribution in [2.75, 3.05) is 33.2 Å². The Labute approximate surface area is 274 Å². The molecule has 11 nitrogen and oxygen atoms in total. The van der Waals surface area contributed by atoms with Crippen LogP contribution in [0.25, 0.3) is 11.1 Å². The number of fused-ring (bicyclic) bond motifs is 3. The molecule has 47 heavy (non-hydrogen) atoms. The van der Waals surface area contributed by atoms with Crippen molar-refractivity contribution in [3.63, 3.8) is 0 Å². The lowest BCUT2D eigenvalue weighted by Crippen LogP contribution is -2.31. The number of anilines is 1. The van der Waals surface area contributed by atoms with Gasteiger partial charge < -0.3 is 34.7 Å². The van der Waals surface area contributed by atoms with E-state index in [0.717, 1.165) is 28.1 Å². The molecular formula is C36H41N5O6. The lowest BCUT2D eigenvalue weighted by Gasteiger charge is -2.19. The van der Waals surface area contributed by atoms with Gasteiger partial charge in [-0.3, -0.25) is 14.4 Å². The highest BCUT2D eigenvalue weighted by Gasteiger charge is 2.29. The standard InChI is InChI=1S/C36H41N5O6/c1-22(42)39-27-15-13-24-20-30(45-3)34(46-4)35(47-5)32(24)25-14-16-28(29(43)21-26(25)27)37-17-9-12-31(44)40-33(23-10-7-6-8-11-23)36-38-18-19-41(36)2/h6-8,10-11,14,16,18-21,27,33H,9,12-13,15,17H2,1-5H3,(H,37,43)(H,39,42)(H,40,44)/t27-,33-/m0/s1. The van der Waals surface area contributed by atoms with E-state index in [4.69, 9.17) is 14.2 Å². The summed E-state index contributed by atoms with van der Waals surface area (Å²) in [6.45, 7) is 1.86. The van der Waals surface area contributed by atoms with Crippen LogP contribution in [0.4, 0.5) is 5.69 Å². The van der Waals surface area contributed by atoms with E-state index >= 15 is 0 Å². The van der Waals surface area contributed by atoms with Crippen LogP contribution < -0.4 is 35.6 Å². The van der Waals surface area contributed by atoms with E-state index in [1.165, 1.54) is 6.92 Å². The summed E-state index contributed by atoms with van der Waals surface area (Å²) in [5.74, 6) is 1.89. The van der Waals surface area contributed by atoms with Gasteiger partial charge in [-0.05, 0) is 59.7 Å². The Morgan fingerprint density at radius 1 is 1.02 bits per heavy atom. The lowest BCUT2D eigenvalue weighted by molar-refractivity contribution is -0.122. The second-order valence-corrected chi connectivity index (χ2v) is 11.4. The van der Waals surface area contributed by atoms with Crippen LogP contribution in [0.1, 0.15) is 60.8 Å². The molecule has 246 valence electrons. The van der Waals surface area contributed by atoms with Gasteiger partial charge in [0.25, 0.3) is 0 Å². The minimum Gasteiger partial charge on any atom is -0.493 e. The van der Waals surface area contributed by atoms with Gasteiger partial charge in [0, 0.05) is 44.9 Å². The summed E-state index contributed by atoms with van der Waals surface area (Å²) >= 11 is 0. The number of nitrogens with zero attached hydrogens (tertiary/aromatic N) is 2. The average molecular weight is 640 g/mol. The number of amides is 2. The number of aryl methyl sites for hydroxylation is 2. The maximum Gasteiger partial charge on any atom is 0.220 e. The fourth-order valence-corrected chi connectivity index (χ4v) is 6.16. The summed E-state index contributed by atoms with van der Waals surface area (Å²) in [6, 6.07) is 16.0. The van der Waals surface area contributed by atoms with Gasteiger partial charge in [-0.25, -0.2) is 4.98 Å². The van der Waals surface area contributed by atoms with Gasteiger partial charge in [0.05, 0.1) is 33.1 Å². The van der Waals surface area contributed by atoms with Crippen molar-refractivity contribution in [1.29, 1.82) is 0 Å². The van der Waals surface area contributed by atoms with E-state index in [9.17, 15) is 14.4 Å². The predicted octanol–water partition coefficient (Wildman–Crippen LogP) is 4.69. The van der Waals surface area contributed by atoms with Gasteiger partial charge in [-0.2, -0.15) is 0 Å². The van der Waals surface area contributed by atoms with Crippen molar-refractivity contribution in [2.24, 2.45) is 7.05 Å². The molecule has 11 heteroatoms. The molecule has 1 heterocycles. The van der Waals surface area contributed by atoms with Crippen LogP contribution in [-0.2, 0) is 23.1 Å². The van der Waals surface area contributed by atoms with Crippen molar-refractivity contribution in [3.8, 4) is 28.4 Å². The molecule has 1 aliphatic carbocycles. The molecule has 2 atom stereocenters. The third-order valence-corrected chi connectivity index (χ3v) is 8.37. The Morgan fingerprint density at radius 3 is 2.45 bits per heavy atom. The molecule has 1 aliphatic rings. The smallest absolute Gasteiger partial charge is 0.220 e. The van der Waals surface area contributed by atoms with Gasteiger partial charge in [-0.1, -0.05) is 36.4 Å². The highest BCUT2D eigenvalue weighted by Crippen LogP contribution is 2.50. The molecule has 3 N–H and O–H groups in total. The third-order valence-electron chi connectivity index (χ3n) is 8.37. The Balaban J connectivity index is 1.37. The summed E-state index contributed by atoms with van der Waals surface area (Å²) in [6.07, 6.45) is 5.49. The average Bonchev–Trinajstić information content (AvgIpc) is 3.36. The molecule has 0 unspecified atom stereocenters. The minimum absolute atomic E-state index is 0.123. The number of rotatable bonds is 12. The molecule has 2 amide bonds. The van der Waals surface area contributed by atoms with Crippen molar-refractivity contribution in [1.82, 2.24) is 20.2 Å². The molecule has 5 rings (SSSR count). The van der Waals surface area contributed by atoms with Gasteiger partial charge >= 0.3 is 0 Å². The highest BCUT2D eigenvalue weighted by molar-refractivity contribution is 5.84. The quantitative estimate of drug-likeness (QED) is 0.190. The SMILES string of the molecule is COc1cc2c(c(OC)c1OC)-c1ccc(NCCCC(=O)N[C@@H](c3ccccc3)c3nccn3C)c(=O)cc1[C@@H](NC(C)=O)CC2. The fraction of sp³-hybridized carbons (Fsp3) is 0.333. The molecule has 3 aromatic carbocycles. The minimum atomic E-state index is -0.399. The molecule has 0 fully saturated rings. The molecule has 0 spiro atoms. The van der Waals surface area contributed by atoms with Gasteiger partial charge in [0.2, 0.25) is 23.0 Å². The van der Waals surface area contributed by atoms with Gasteiger partial charge in [0.1, 0.15) is 11.9 Å². The van der Waals surface area contributed by atoms with E-state index in [0.29, 0.717) is 54.3 Å². The van der Waals surface area contributed by atoms with Crippen LogP contribution in [0.2, 0.25) is 0 Å². The Bertz CT molecular complexity index is 1810. The number of aromatic nitrogens is 2. The Hall–Kier alpha value is -5.32. The number of benzene rings is 2. The normalized spacial score (nSPS) is 14.1. The van der Waals surface area contributed by atoms with E-state index in [1.54, 1.807) is 39.7 Å². The number of hydrogen-bond donors (Lipinski definition) is 3. The molecule has 0 saturated heterocycles. The van der Waals surface area contributed by atoms with Crippen LogP contribution in [0.3, 0.4) is 0 Å². The summed E-state index contributed by atoms with van der Waals surface area (Å²) < 4.78 is 19.0. The first-order valence-corrected chi connectivity index (χ1v) is 15.6. The zero-order valence-electron chi connectivity index (χ0n) is 27.4. The summed E-state index contributed by atoms with van der Waals surface area (Å²) in [5, 5.41) is 9.36. The second-order valence-electron chi connectivity index (χ2n) is 11.4. The van der Waals surface area contributed by atoms with Crippen molar-refractivity contribution in [3.05, 3.63) is 99.7 Å². The Morgan fingerprint density at radius 2 is 1.79 bits per heavy atom. The maximum absolute atomic E-state index is 13.6. The first kappa shape index (κ1) is 33.1. The van der Waals surface area contributed by atoms with Crippen LogP contribution >= 0.6 is 0 Å². The number of ether oxygens (including phenoxy) is 3. The first-order valence-electron chi connectivity index (χ1n) is 15.6. The second kappa shape index (κ2) is 14.8. The molecular weight excluding hydrogens is 598 g/mol. The predicted molar refractivity (Wildman–Crippen MR) is 180 cm³/mol. The van der Waals surface area contributed by atoms with Crippen LogP contribution in [-0.4, -0.2) is 49.2 Å². The zero-order chi connectivity index (χ0) is 33.5. The highest BCUT2D eigenvalue weighted by atomic mass is 16.5. The van der Waals surface area contributed by atoms with Crippen molar-refractivity contribution < 1.29 is 23.8 Å². The summed E-state index contributed by atoms with van der Waals surface area (Å²) in [4.78, 5) is 43.3. The van der Waals surface area contributed by atoms with E-state index < -0.39 is 6.04 Å². The summed E-state index contributed by atoms with van der Waals surface area (Å²) in [7, 11) is 6.58. The first-order chi connectivity index (χ1) is 22.7. The van der Waals surface area contributed by atoms with Crippen LogP contribution in [0.15, 0.2) is 71.8 Å². The van der Waals surface area contributed by atoms with Crippen molar-refractivity contribution >= 4 is 17.5 Å². The zero-order valence-corrected chi connectivity index (χ0v) is 27.4. The molecule has 4 aromatic rings. The number of carbonyl (C=O) groups excluding carboxylic acids is 2. The van der Waals surface area contributed by atoms with E-state index in [1.807, 2.05) is 60.3 Å². The van der Waals surface area contributed by atoms with Crippen molar-refractivity contribution in [2.45, 2.75) is 44.7 Å². The number of nitrogens with one attached hydrogen (secondary N) is 3. The summed E-state index contributed by atoms with van der Waals surface area (Å²) in [5.41, 5.74) is 4.26. The third kappa shape index (κ3) is 7.24. The molecule has 0 aliphatic heterocycles. The number of hydrogen-bond acceptors (Lipinski definition) is 8. The number of methoxy groups -OCH3 is 3. The number of imidazole rings is 1. The molecule has 0 bridgehead atoms. The monoisotopic (exact) mass is 639 g/mol. The van der Waals surface area contributed by atoms with E-state index in [-0.39, 0.29) is 29.7 Å². The number of carbonyl (C=O) groups is 2. The molecule has 0 saturated carbocycles. The lowest BCUT2D eigenvalue weighted by atomic mass is 9.95. The topological polar surface area (TPSA) is 133 Å². The van der Waals surface area contributed by atoms with Gasteiger partial charge in [-0.15, -0.1) is 0 Å². The molecule has 1 aromatic heterocycles. The van der Waals surface area contributed by atoms with Crippen LogP contribution in [0.5, 0.6) is 17.2 Å². The Kier molecular flexibility index (Phi) is 10.4. The molecule has 0 radical (unpaired) electrons. The maximum atomic E-state index is 13.6. The van der Waals surface area contributed by atoms with E-state index in [2.05, 4.69) is 20.9 Å². The van der Waals surface area contributed by atoms with Gasteiger partial charge in [0.15, 0.2) is 11.5 Å². The fourth-order valence-electron chi connectivity index (χ4n) is 6.16.